The van der Waals surface area contributed by atoms with Gasteiger partial charge in [0.1, 0.15) is 40.7 Å². The number of anilines is 4. The van der Waals surface area contributed by atoms with Crippen LogP contribution < -0.4 is 47.3 Å². The van der Waals surface area contributed by atoms with Crippen LogP contribution in [0.1, 0.15) is 197 Å². The zero-order valence-electron chi connectivity index (χ0n) is 78.7. The first-order chi connectivity index (χ1) is 69.0. The van der Waals surface area contributed by atoms with Gasteiger partial charge in [0.25, 0.3) is 47.3 Å². The van der Waals surface area contributed by atoms with Crippen LogP contribution in [0.25, 0.3) is 89.7 Å². The van der Waals surface area contributed by atoms with Crippen molar-refractivity contribution in [1.82, 2.24) is 66.1 Å². The highest BCUT2D eigenvalue weighted by Crippen LogP contribution is 2.48. The fraction of sp³-hybridized carbons (Fsp3) is 0.272. The number of amides is 8. The second kappa shape index (κ2) is 40.2. The molecule has 12 N–H and O–H groups in total. The van der Waals surface area contributed by atoms with E-state index in [4.69, 9.17) is 16.3 Å². The maximum absolute atomic E-state index is 13.1. The number of imidazole rings is 4. The van der Waals surface area contributed by atoms with Gasteiger partial charge in [0, 0.05) is 119 Å². The largest absolute Gasteiger partial charge is 0.497 e. The van der Waals surface area contributed by atoms with E-state index in [0.717, 1.165) is 133 Å². The van der Waals surface area contributed by atoms with E-state index in [9.17, 15) is 42.7 Å². The van der Waals surface area contributed by atoms with Gasteiger partial charge in [0.2, 0.25) is 0 Å². The fourth-order valence-electron chi connectivity index (χ4n) is 22.2. The zero-order valence-corrected chi connectivity index (χ0v) is 79.4. The summed E-state index contributed by atoms with van der Waals surface area (Å²) in [6.07, 6.45) is 21.4. The normalized spacial score (nSPS) is 20.6. The van der Waals surface area contributed by atoms with E-state index < -0.39 is 0 Å². The molecule has 12 unspecified atom stereocenters. The summed E-state index contributed by atoms with van der Waals surface area (Å²) in [5.41, 5.74) is 18.3. The molecule has 28 heteroatoms. The molecule has 8 aliphatic rings. The number of aryl methyl sites for hydroxylation is 2. The lowest BCUT2D eigenvalue weighted by molar-refractivity contribution is 0.0914. The van der Waals surface area contributed by atoms with Crippen LogP contribution in [-0.4, -0.2) is 123 Å². The molecule has 8 amide bonds. The Morgan fingerprint density at radius 3 is 0.894 bits per heavy atom. The van der Waals surface area contributed by atoms with Crippen molar-refractivity contribution >= 4 is 126 Å². The van der Waals surface area contributed by atoms with Gasteiger partial charge < -0.3 is 67.2 Å². The summed E-state index contributed by atoms with van der Waals surface area (Å²) < 4.78 is 18.2. The molecule has 0 aliphatic heterocycles. The Labute approximate surface area is 823 Å². The number of ether oxygens (including phenoxy) is 1. The smallest absolute Gasteiger partial charge is 0.256 e. The average molecular weight is 1910 g/mol. The Bertz CT molecular complexity index is 7270. The standard InChI is InChI=1S/C29H27ClN4O2.C29H28N4O3.C28H25FN4O2.C28H27N5O2/c1-16-2-10-22(15-23(16)30)31-28(35)19-7-5-18(6-8-19)27-32-24-11-9-21(14-26(24)33-27)29(36)34-25-13-17-3-4-20(25)12-17;1-36-23-11-9-22(10-12-23)30-28(34)19-6-4-18(5-7-19)27-31-24-13-8-21(16-26(24)32-27)29(35)33-25-15-17-2-3-20(25)14-17;29-21-8-10-22(11-9-21)30-27(34)18-5-3-17(4-6-18)26-31-23-12-7-20(15-25(23)32-26)28(35)33-24-14-16-1-2-19(24)13-16;1-16-2-11-25(29-15-16)33-27(34)19-7-5-18(6-8-19)26-30-22-10-9-21(14-24(22)31-26)28(35)32-23-13-17-3-4-20(23)12-17/h2,5-11,14-15,17,20,25H,3-4,12-13H2,1H3,(H,31,35)(H,32,33)(H,34,36);4-13,16-17,20,25H,2-3,14-15H2,1H3,(H,30,34)(H,31,32)(H,33,35);3-12,15-16,19,24H,1-2,13-14H2,(H,30,34)(H,31,32)(H,33,35);2,5-11,14-15,17,20,23H,3-4,12-13H2,1H3,(H,30,31)(H,32,35)(H,29,33,34). The average Bonchev–Trinajstić information content (AvgIpc) is 1.65. The Balaban J connectivity index is 0.000000112. The van der Waals surface area contributed by atoms with E-state index in [1.165, 1.54) is 101 Å². The first kappa shape index (κ1) is 92.6. The van der Waals surface area contributed by atoms with Gasteiger partial charge >= 0.3 is 0 Å². The van der Waals surface area contributed by atoms with Gasteiger partial charge in [-0.15, -0.1) is 0 Å². The highest BCUT2D eigenvalue weighted by Gasteiger charge is 2.44. The quantitative estimate of drug-likeness (QED) is 0.0318. The zero-order chi connectivity index (χ0) is 97.3. The number of carbonyl (C=O) groups is 8. The van der Waals surface area contributed by atoms with E-state index in [1.54, 1.807) is 98.2 Å². The van der Waals surface area contributed by atoms with Crippen molar-refractivity contribution in [2.24, 2.45) is 47.3 Å². The second-order valence-electron chi connectivity index (χ2n) is 39.3. The van der Waals surface area contributed by atoms with Crippen LogP contribution in [0.4, 0.5) is 27.3 Å². The molecule has 8 saturated carbocycles. The van der Waals surface area contributed by atoms with Crippen molar-refractivity contribution in [2.75, 3.05) is 28.4 Å². The summed E-state index contributed by atoms with van der Waals surface area (Å²) in [4.78, 5) is 138. The Morgan fingerprint density at radius 1 is 0.317 bits per heavy atom. The molecule has 0 spiro atoms. The van der Waals surface area contributed by atoms with E-state index >= 15 is 0 Å². The molecule has 26 nitrogen and oxygen atoms in total. The lowest BCUT2D eigenvalue weighted by Gasteiger charge is -2.22. The number of fused-ring (bicyclic) bond motifs is 12. The molecular weight excluding hydrogens is 1810 g/mol. The topological polar surface area (TPSA) is 370 Å². The Hall–Kier alpha value is -15.8. The van der Waals surface area contributed by atoms with Crippen LogP contribution in [0.5, 0.6) is 5.75 Å². The van der Waals surface area contributed by atoms with Gasteiger partial charge in [-0.25, -0.2) is 29.3 Å². The number of hydrogen-bond donors (Lipinski definition) is 12. The summed E-state index contributed by atoms with van der Waals surface area (Å²) in [6, 6.07) is 74.3. The molecule has 8 bridgehead atoms. The molecule has 8 fully saturated rings. The van der Waals surface area contributed by atoms with E-state index in [0.29, 0.717) is 144 Å². The summed E-state index contributed by atoms with van der Waals surface area (Å²) in [5.74, 6) is 8.36. The molecule has 11 aromatic carbocycles. The number of nitrogens with one attached hydrogen (secondary N) is 12. The number of hydrogen-bond acceptors (Lipinski definition) is 14. The number of pyridine rings is 1. The van der Waals surface area contributed by atoms with Crippen LogP contribution in [0.3, 0.4) is 0 Å². The van der Waals surface area contributed by atoms with E-state index in [1.807, 2.05) is 153 Å². The third-order valence-electron chi connectivity index (χ3n) is 29.9. The lowest BCUT2D eigenvalue weighted by Crippen LogP contribution is -2.38. The minimum Gasteiger partial charge on any atom is -0.497 e. The minimum absolute atomic E-state index is 0.0148. The van der Waals surface area contributed by atoms with Gasteiger partial charge in [0.15, 0.2) is 0 Å². The molecule has 142 heavy (non-hydrogen) atoms. The summed E-state index contributed by atoms with van der Waals surface area (Å²) in [6.45, 7) is 3.87. The van der Waals surface area contributed by atoms with Crippen LogP contribution in [0.15, 0.2) is 255 Å². The lowest BCUT2D eigenvalue weighted by atomic mass is 9.95. The molecule has 716 valence electrons. The van der Waals surface area contributed by atoms with Gasteiger partial charge in [0.05, 0.1) is 51.2 Å². The predicted octanol–water partition coefficient (Wildman–Crippen LogP) is 22.4. The first-order valence-electron chi connectivity index (χ1n) is 49.0. The second-order valence-corrected chi connectivity index (χ2v) is 39.7. The molecular formula is C114H107ClFN17O9. The number of aromatic nitrogens is 9. The van der Waals surface area contributed by atoms with Crippen molar-refractivity contribution in [3.63, 3.8) is 0 Å². The number of rotatable bonds is 21. The third kappa shape index (κ3) is 20.8. The minimum atomic E-state index is -0.355. The van der Waals surface area contributed by atoms with Gasteiger partial charge in [-0.1, -0.05) is 97.9 Å². The molecule has 8 aliphatic carbocycles. The number of aromatic amines is 4. The molecule has 12 atom stereocenters. The highest BCUT2D eigenvalue weighted by atomic mass is 35.5. The van der Waals surface area contributed by atoms with Gasteiger partial charge in [-0.05, 0) is 337 Å². The van der Waals surface area contributed by atoms with E-state index in [-0.39, 0.29) is 53.1 Å². The van der Waals surface area contributed by atoms with Crippen molar-refractivity contribution in [3.8, 4) is 51.3 Å². The summed E-state index contributed by atoms with van der Waals surface area (Å²) in [5, 5.41) is 24.9. The first-order valence-corrected chi connectivity index (χ1v) is 49.4. The fourth-order valence-corrected chi connectivity index (χ4v) is 22.4. The van der Waals surface area contributed by atoms with Crippen LogP contribution in [0, 0.1) is 67.0 Å². The molecule has 16 aromatic rings. The number of carbonyl (C=O) groups excluding carboxylic acids is 8. The van der Waals surface area contributed by atoms with Crippen molar-refractivity contribution < 1.29 is 47.5 Å². The summed E-state index contributed by atoms with van der Waals surface area (Å²) in [7, 11) is 1.60. The highest BCUT2D eigenvalue weighted by molar-refractivity contribution is 6.31. The number of nitrogens with zero attached hydrogens (tertiary/aromatic N) is 5. The SMILES string of the molecule is COc1ccc(NC(=O)c2ccc(-c3nc4ccc(C(=O)NC5CC6CCC5C6)cc4[nH]3)cc2)cc1.Cc1ccc(NC(=O)c2ccc(-c3nc4ccc(C(=O)NC5CC6CCC5C6)cc4[nH]3)cc2)cc1Cl.Cc1ccc(NC(=O)c2ccc(-c3nc4ccc(C(=O)NC5CC6CCC5C6)cc4[nH]3)cc2)nc1.O=C(Nc1ccc(F)cc1)c1ccc(-c2nc3ccc(C(=O)NC4CC5CCC4C5)cc3[nH]2)cc1. The summed E-state index contributed by atoms with van der Waals surface area (Å²) >= 11 is 6.16. The maximum atomic E-state index is 13.1. The van der Waals surface area contributed by atoms with Crippen LogP contribution in [-0.2, 0) is 0 Å². The van der Waals surface area contributed by atoms with Crippen molar-refractivity contribution in [3.05, 3.63) is 321 Å². The molecule has 0 saturated heterocycles. The van der Waals surface area contributed by atoms with Crippen molar-refractivity contribution in [1.29, 1.82) is 0 Å². The molecule has 5 heterocycles. The maximum Gasteiger partial charge on any atom is 0.256 e. The van der Waals surface area contributed by atoms with Crippen LogP contribution in [0.2, 0.25) is 5.02 Å². The van der Waals surface area contributed by atoms with E-state index in [2.05, 4.69) is 87.4 Å². The Morgan fingerprint density at radius 2 is 0.613 bits per heavy atom. The molecule has 5 aromatic heterocycles. The van der Waals surface area contributed by atoms with Gasteiger partial charge in [-0.3, -0.25) is 38.4 Å². The number of H-pyrrole nitrogens is 4. The predicted molar refractivity (Wildman–Crippen MR) is 549 cm³/mol. The molecule has 0 radical (unpaired) electrons. The number of halogens is 2. The number of methoxy groups -OCH3 is 1. The Kier molecular flexibility index (Phi) is 26.2. The van der Waals surface area contributed by atoms with Gasteiger partial charge in [-0.2, -0.15) is 0 Å². The number of benzene rings is 11. The van der Waals surface area contributed by atoms with Crippen molar-refractivity contribution in [2.45, 2.75) is 141 Å². The third-order valence-corrected chi connectivity index (χ3v) is 30.3. The van der Waals surface area contributed by atoms with Crippen LogP contribution >= 0.6 is 11.6 Å². The monoisotopic (exact) mass is 1910 g/mol. The molecule has 24 rings (SSSR count).